The number of morpholine rings is 1. The molecule has 0 aromatic carbocycles. The van der Waals surface area contributed by atoms with Gasteiger partial charge in [0, 0.05) is 37.5 Å². The van der Waals surface area contributed by atoms with Crippen LogP contribution in [0.3, 0.4) is 0 Å². The van der Waals surface area contributed by atoms with Crippen LogP contribution < -0.4 is 4.74 Å². The van der Waals surface area contributed by atoms with E-state index in [4.69, 9.17) is 9.47 Å². The first-order chi connectivity index (χ1) is 18.0. The van der Waals surface area contributed by atoms with Crippen molar-refractivity contribution in [3.8, 4) is 23.2 Å². The first-order valence-corrected chi connectivity index (χ1v) is 12.8. The Labute approximate surface area is 228 Å². The van der Waals surface area contributed by atoms with Crippen molar-refractivity contribution >= 4 is 29.3 Å². The van der Waals surface area contributed by atoms with E-state index in [1.165, 1.54) is 0 Å². The van der Waals surface area contributed by atoms with Gasteiger partial charge in [-0.05, 0) is 57.3 Å². The fourth-order valence-electron chi connectivity index (χ4n) is 4.97. The molecule has 0 atom stereocenters. The average molecular weight is 541 g/mol. The van der Waals surface area contributed by atoms with Crippen LogP contribution in [0.5, 0.6) is 5.88 Å². The van der Waals surface area contributed by atoms with Crippen LogP contribution in [0, 0.1) is 24.2 Å². The van der Waals surface area contributed by atoms with Crippen molar-refractivity contribution in [3.05, 3.63) is 29.6 Å². The molecule has 0 spiro atoms. The molecular weight excluding hydrogens is 508 g/mol. The number of halogens is 1. The van der Waals surface area contributed by atoms with E-state index in [1.54, 1.807) is 17.9 Å². The topological polar surface area (TPSA) is 122 Å². The fourth-order valence-corrected chi connectivity index (χ4v) is 4.97. The second-order valence-corrected chi connectivity index (χ2v) is 9.74. The highest BCUT2D eigenvalue weighted by molar-refractivity contribution is 5.85. The summed E-state index contributed by atoms with van der Waals surface area (Å²) in [5.74, 6) is 1.41. The van der Waals surface area contributed by atoms with Gasteiger partial charge in [0.05, 0.1) is 37.6 Å². The molecule has 2 aliphatic heterocycles. The molecule has 5 heterocycles. The predicted molar refractivity (Wildman–Crippen MR) is 143 cm³/mol. The summed E-state index contributed by atoms with van der Waals surface area (Å²) >= 11 is 0. The quantitative estimate of drug-likeness (QED) is 0.444. The third kappa shape index (κ3) is 6.20. The number of rotatable bonds is 7. The second kappa shape index (κ2) is 12.5. The van der Waals surface area contributed by atoms with Crippen LogP contribution in [-0.2, 0) is 16.6 Å². The van der Waals surface area contributed by atoms with Crippen molar-refractivity contribution in [1.29, 1.82) is 5.26 Å². The number of likely N-dealkylation sites (tertiary alicyclic amines) is 1. The Morgan fingerprint density at radius 2 is 1.97 bits per heavy atom. The van der Waals surface area contributed by atoms with E-state index in [0.717, 1.165) is 49.0 Å². The minimum atomic E-state index is 0. The number of pyridine rings is 2. The second-order valence-electron chi connectivity index (χ2n) is 9.74. The number of carbonyl (C=O) groups excluding carboxylic acids is 1. The van der Waals surface area contributed by atoms with E-state index in [-0.39, 0.29) is 24.0 Å². The molecule has 2 aliphatic rings. The summed E-state index contributed by atoms with van der Waals surface area (Å²) in [6.45, 7) is 7.66. The number of hydrogen-bond acceptors (Lipinski definition) is 9. The lowest BCUT2D eigenvalue weighted by Crippen LogP contribution is -2.47. The summed E-state index contributed by atoms with van der Waals surface area (Å²) in [6.07, 6.45) is 4.84. The monoisotopic (exact) mass is 540 g/mol. The van der Waals surface area contributed by atoms with Crippen LogP contribution in [0.4, 0.5) is 0 Å². The number of carbonyl (C=O) groups is 1. The molecule has 3 aromatic rings. The molecule has 0 N–H and O–H groups in total. The SMILES string of the molecule is Cc1cc(-c2cc3c(nnn3C)c(C#N)n2)cnc1OCCC1CCN(CC(=O)N2CCOCC2)CC1.Cl. The first-order valence-electron chi connectivity index (χ1n) is 12.8. The Morgan fingerprint density at radius 3 is 2.68 bits per heavy atom. The summed E-state index contributed by atoms with van der Waals surface area (Å²) in [4.78, 5) is 25.7. The van der Waals surface area contributed by atoms with Crippen LogP contribution in [0.25, 0.3) is 22.3 Å². The largest absolute Gasteiger partial charge is 0.477 e. The maximum atomic E-state index is 12.5. The molecule has 5 rings (SSSR count). The number of hydrogen-bond donors (Lipinski definition) is 0. The summed E-state index contributed by atoms with van der Waals surface area (Å²) in [7, 11) is 1.79. The van der Waals surface area contributed by atoms with Crippen LogP contribution in [0.2, 0.25) is 0 Å². The number of nitriles is 1. The highest BCUT2D eigenvalue weighted by Gasteiger charge is 2.24. The standard InChI is InChI=1S/C26H32N8O3.ClH/c1-18-13-20(21-14-23-25(22(15-27)29-21)30-31-32(23)2)16-28-26(18)37-10-5-19-3-6-33(7-4-19)17-24(35)34-8-11-36-12-9-34;/h13-14,16,19H,3-12,17H2,1-2H3;1H. The zero-order valence-corrected chi connectivity index (χ0v) is 22.6. The Morgan fingerprint density at radius 1 is 1.21 bits per heavy atom. The van der Waals surface area contributed by atoms with Crippen molar-refractivity contribution in [2.45, 2.75) is 26.2 Å². The van der Waals surface area contributed by atoms with E-state index >= 15 is 0 Å². The molecular formula is C26H33ClN8O3. The highest BCUT2D eigenvalue weighted by atomic mass is 35.5. The molecule has 11 nitrogen and oxygen atoms in total. The smallest absolute Gasteiger partial charge is 0.236 e. The number of aromatic nitrogens is 5. The van der Waals surface area contributed by atoms with Gasteiger partial charge in [0.25, 0.3) is 0 Å². The summed E-state index contributed by atoms with van der Waals surface area (Å²) in [5.41, 5.74) is 3.86. The van der Waals surface area contributed by atoms with Gasteiger partial charge in [-0.3, -0.25) is 9.69 Å². The van der Waals surface area contributed by atoms with Crippen LogP contribution in [-0.4, -0.2) is 93.2 Å². The first kappa shape index (κ1) is 27.7. The zero-order chi connectivity index (χ0) is 25.8. The Kier molecular flexibility index (Phi) is 9.09. The van der Waals surface area contributed by atoms with E-state index in [9.17, 15) is 10.1 Å². The van der Waals surface area contributed by atoms with Crippen molar-refractivity contribution in [2.75, 3.05) is 52.5 Å². The Hall–Kier alpha value is -3.33. The summed E-state index contributed by atoms with van der Waals surface area (Å²) < 4.78 is 13.0. The molecule has 0 bridgehead atoms. The Balaban J connectivity index is 0.00000336. The lowest BCUT2D eigenvalue weighted by atomic mass is 9.94. The van der Waals surface area contributed by atoms with Crippen LogP contribution in [0.15, 0.2) is 18.3 Å². The lowest BCUT2D eigenvalue weighted by molar-refractivity contribution is -0.136. The van der Waals surface area contributed by atoms with E-state index in [0.29, 0.717) is 62.5 Å². The van der Waals surface area contributed by atoms with Crippen molar-refractivity contribution in [2.24, 2.45) is 13.0 Å². The lowest BCUT2D eigenvalue weighted by Gasteiger charge is -2.34. The van der Waals surface area contributed by atoms with Gasteiger partial charge >= 0.3 is 0 Å². The number of nitrogens with zero attached hydrogens (tertiary/aromatic N) is 8. The van der Waals surface area contributed by atoms with Crippen molar-refractivity contribution in [3.63, 3.8) is 0 Å². The van der Waals surface area contributed by atoms with E-state index < -0.39 is 0 Å². The van der Waals surface area contributed by atoms with Crippen LogP contribution in [0.1, 0.15) is 30.5 Å². The predicted octanol–water partition coefficient (Wildman–Crippen LogP) is 2.37. The Bertz CT molecular complexity index is 1310. The molecule has 38 heavy (non-hydrogen) atoms. The molecule has 0 unspecified atom stereocenters. The molecule has 1 amide bonds. The van der Waals surface area contributed by atoms with Crippen LogP contribution >= 0.6 is 12.4 Å². The summed E-state index contributed by atoms with van der Waals surface area (Å²) in [6, 6.07) is 5.95. The molecule has 0 saturated carbocycles. The van der Waals surface area contributed by atoms with Gasteiger partial charge in [-0.1, -0.05) is 5.21 Å². The maximum absolute atomic E-state index is 12.5. The highest BCUT2D eigenvalue weighted by Crippen LogP contribution is 2.27. The average Bonchev–Trinajstić information content (AvgIpc) is 3.31. The molecule has 202 valence electrons. The number of aryl methyl sites for hydroxylation is 2. The van der Waals surface area contributed by atoms with E-state index in [2.05, 4.69) is 31.2 Å². The van der Waals surface area contributed by atoms with Gasteiger partial charge in [0.2, 0.25) is 11.8 Å². The third-order valence-electron chi connectivity index (χ3n) is 7.23. The number of amides is 1. The molecule has 12 heteroatoms. The number of fused-ring (bicyclic) bond motifs is 1. The maximum Gasteiger partial charge on any atom is 0.236 e. The molecule has 2 saturated heterocycles. The number of piperidine rings is 1. The fraction of sp³-hybridized carbons (Fsp3) is 0.538. The molecule has 0 aliphatic carbocycles. The van der Waals surface area contributed by atoms with Gasteiger partial charge in [0.15, 0.2) is 5.69 Å². The minimum absolute atomic E-state index is 0. The van der Waals surface area contributed by atoms with Crippen molar-refractivity contribution in [1.82, 2.24) is 34.8 Å². The number of ether oxygens (including phenoxy) is 2. The van der Waals surface area contributed by atoms with Gasteiger partial charge in [-0.25, -0.2) is 14.6 Å². The van der Waals surface area contributed by atoms with E-state index in [1.807, 2.05) is 24.0 Å². The molecule has 0 radical (unpaired) electrons. The molecule has 2 fully saturated rings. The zero-order valence-electron chi connectivity index (χ0n) is 21.8. The van der Waals surface area contributed by atoms with Gasteiger partial charge in [-0.15, -0.1) is 17.5 Å². The van der Waals surface area contributed by atoms with Crippen molar-refractivity contribution < 1.29 is 14.3 Å². The molecule has 3 aromatic heterocycles. The van der Waals surface area contributed by atoms with Gasteiger partial charge in [0.1, 0.15) is 11.6 Å². The van der Waals surface area contributed by atoms with Gasteiger partial charge < -0.3 is 14.4 Å². The normalized spacial score (nSPS) is 16.7. The third-order valence-corrected chi connectivity index (χ3v) is 7.23. The summed E-state index contributed by atoms with van der Waals surface area (Å²) in [5, 5.41) is 17.5. The van der Waals surface area contributed by atoms with Gasteiger partial charge in [-0.2, -0.15) is 5.26 Å². The minimum Gasteiger partial charge on any atom is -0.477 e.